The molecule has 0 spiro atoms. The van der Waals surface area contributed by atoms with Crippen LogP contribution in [0.2, 0.25) is 0 Å². The van der Waals surface area contributed by atoms with Crippen LogP contribution in [0.15, 0.2) is 59.7 Å². The summed E-state index contributed by atoms with van der Waals surface area (Å²) in [4.78, 5) is 22.0. The molecule has 7 nitrogen and oxygen atoms in total. The number of carbonyl (C=O) groups is 1. The molecule has 0 radical (unpaired) electrons. The van der Waals surface area contributed by atoms with Gasteiger partial charge in [-0.3, -0.25) is 14.9 Å². The van der Waals surface area contributed by atoms with Crippen molar-refractivity contribution in [3.05, 3.63) is 70.3 Å². The molecule has 0 fully saturated rings. The first-order valence-corrected chi connectivity index (χ1v) is 6.85. The first kappa shape index (κ1) is 16.2. The summed E-state index contributed by atoms with van der Waals surface area (Å²) in [7, 11) is 0. The van der Waals surface area contributed by atoms with Gasteiger partial charge in [0.05, 0.1) is 11.1 Å². The summed E-state index contributed by atoms with van der Waals surface area (Å²) in [5.41, 5.74) is 2.81. The van der Waals surface area contributed by atoms with E-state index in [-0.39, 0.29) is 5.69 Å². The second kappa shape index (κ2) is 7.69. The van der Waals surface area contributed by atoms with E-state index in [1.807, 2.05) is 6.07 Å². The third-order valence-electron chi connectivity index (χ3n) is 2.89. The van der Waals surface area contributed by atoms with Crippen molar-refractivity contribution < 1.29 is 14.5 Å². The molecule has 0 aliphatic carbocycles. The molecule has 1 amide bonds. The van der Waals surface area contributed by atoms with Crippen LogP contribution in [0.4, 0.5) is 5.69 Å². The molecule has 23 heavy (non-hydrogen) atoms. The molecule has 7 heteroatoms. The van der Waals surface area contributed by atoms with E-state index in [9.17, 15) is 14.9 Å². The number of ether oxygens (including phenoxy) is 1. The molecule has 1 N–H and O–H groups in total. The van der Waals surface area contributed by atoms with E-state index in [4.69, 9.17) is 4.74 Å². The molecule has 0 saturated heterocycles. The lowest BCUT2D eigenvalue weighted by Gasteiger charge is -2.12. The number of para-hydroxylation sites is 1. The largest absolute Gasteiger partial charge is 0.481 e. The summed E-state index contributed by atoms with van der Waals surface area (Å²) in [6, 6.07) is 14.9. The molecule has 118 valence electrons. The van der Waals surface area contributed by atoms with Crippen LogP contribution in [-0.2, 0) is 4.79 Å². The van der Waals surface area contributed by atoms with Gasteiger partial charge >= 0.3 is 0 Å². The predicted molar refractivity (Wildman–Crippen MR) is 85.4 cm³/mol. The molecule has 0 aliphatic rings. The Bertz CT molecular complexity index is 716. The standard InChI is InChI=1S/C16H15N3O4/c1-12(23-15-8-3-2-4-9-15)16(20)18-17-11-13-6-5-7-14(10-13)19(21)22/h2-12H,1H3,(H,18,20)/b17-11+. The minimum Gasteiger partial charge on any atom is -0.481 e. The minimum atomic E-state index is -0.723. The molecule has 1 unspecified atom stereocenters. The summed E-state index contributed by atoms with van der Waals surface area (Å²) in [6.45, 7) is 1.60. The van der Waals surface area contributed by atoms with E-state index in [1.54, 1.807) is 43.3 Å². The number of nitro benzene ring substituents is 1. The Labute approximate surface area is 132 Å². The number of hydrogen-bond acceptors (Lipinski definition) is 5. The SMILES string of the molecule is CC(Oc1ccccc1)C(=O)N/N=C/c1cccc([N+](=O)[O-])c1. The highest BCUT2D eigenvalue weighted by atomic mass is 16.6. The maximum atomic E-state index is 11.9. The van der Waals surface area contributed by atoms with Crippen LogP contribution < -0.4 is 10.2 Å². The highest BCUT2D eigenvalue weighted by molar-refractivity contribution is 5.84. The van der Waals surface area contributed by atoms with Gasteiger partial charge in [-0.2, -0.15) is 5.10 Å². The average molecular weight is 313 g/mol. The van der Waals surface area contributed by atoms with Gasteiger partial charge in [-0.25, -0.2) is 5.43 Å². The number of hydrazone groups is 1. The number of non-ortho nitro benzene ring substituents is 1. The number of nitrogens with zero attached hydrogens (tertiary/aromatic N) is 2. The van der Waals surface area contributed by atoms with E-state index in [0.29, 0.717) is 11.3 Å². The molecule has 0 aliphatic heterocycles. The summed E-state index contributed by atoms with van der Waals surface area (Å²) in [6.07, 6.45) is 0.611. The quantitative estimate of drug-likeness (QED) is 0.503. The van der Waals surface area contributed by atoms with E-state index in [0.717, 1.165) is 0 Å². The number of nitro groups is 1. The van der Waals surface area contributed by atoms with Crippen molar-refractivity contribution in [1.29, 1.82) is 0 Å². The zero-order valence-corrected chi connectivity index (χ0v) is 12.4. The number of benzene rings is 2. The Morgan fingerprint density at radius 2 is 2.00 bits per heavy atom. The number of carbonyl (C=O) groups excluding carboxylic acids is 1. The van der Waals surface area contributed by atoms with Crippen LogP contribution >= 0.6 is 0 Å². The Morgan fingerprint density at radius 1 is 1.26 bits per heavy atom. The lowest BCUT2D eigenvalue weighted by atomic mass is 10.2. The molecule has 0 aromatic heterocycles. The topological polar surface area (TPSA) is 93.8 Å². The fraction of sp³-hybridized carbons (Fsp3) is 0.125. The minimum absolute atomic E-state index is 0.0407. The van der Waals surface area contributed by atoms with E-state index < -0.39 is 16.9 Å². The first-order valence-electron chi connectivity index (χ1n) is 6.85. The van der Waals surface area contributed by atoms with E-state index in [2.05, 4.69) is 10.5 Å². The normalized spacial score (nSPS) is 11.9. The number of amides is 1. The zero-order chi connectivity index (χ0) is 16.7. The van der Waals surface area contributed by atoms with Crippen LogP contribution in [0, 0.1) is 10.1 Å². The third-order valence-corrected chi connectivity index (χ3v) is 2.89. The van der Waals surface area contributed by atoms with Crippen LogP contribution in [0.1, 0.15) is 12.5 Å². The van der Waals surface area contributed by atoms with Crippen molar-refractivity contribution >= 4 is 17.8 Å². The van der Waals surface area contributed by atoms with Crippen molar-refractivity contribution in [1.82, 2.24) is 5.43 Å². The second-order valence-corrected chi connectivity index (χ2v) is 4.66. The third kappa shape index (κ3) is 4.92. The van der Waals surface area contributed by atoms with Crippen LogP contribution in [-0.4, -0.2) is 23.1 Å². The van der Waals surface area contributed by atoms with Gasteiger partial charge in [0.15, 0.2) is 6.10 Å². The fourth-order valence-electron chi connectivity index (χ4n) is 1.74. The number of rotatable bonds is 6. The van der Waals surface area contributed by atoms with Gasteiger partial charge in [0, 0.05) is 17.7 Å². The predicted octanol–water partition coefficient (Wildman–Crippen LogP) is 2.51. The van der Waals surface area contributed by atoms with Gasteiger partial charge in [-0.05, 0) is 19.1 Å². The zero-order valence-electron chi connectivity index (χ0n) is 12.4. The second-order valence-electron chi connectivity index (χ2n) is 4.66. The van der Waals surface area contributed by atoms with Gasteiger partial charge in [0.1, 0.15) is 5.75 Å². The van der Waals surface area contributed by atoms with Gasteiger partial charge in [0.2, 0.25) is 0 Å². The van der Waals surface area contributed by atoms with Crippen molar-refractivity contribution in [3.63, 3.8) is 0 Å². The Morgan fingerprint density at radius 3 is 2.70 bits per heavy atom. The molecule has 1 atom stereocenters. The highest BCUT2D eigenvalue weighted by Crippen LogP contribution is 2.12. The highest BCUT2D eigenvalue weighted by Gasteiger charge is 2.13. The molecular formula is C16H15N3O4. The molecular weight excluding hydrogens is 298 g/mol. The van der Waals surface area contributed by atoms with Crippen molar-refractivity contribution in [2.75, 3.05) is 0 Å². The monoisotopic (exact) mass is 313 g/mol. The molecule has 0 saturated carbocycles. The molecule has 0 heterocycles. The van der Waals surface area contributed by atoms with Gasteiger partial charge < -0.3 is 4.74 Å². The van der Waals surface area contributed by atoms with Gasteiger partial charge in [-0.1, -0.05) is 30.3 Å². The van der Waals surface area contributed by atoms with Gasteiger partial charge in [-0.15, -0.1) is 0 Å². The Hall–Kier alpha value is -3.22. The van der Waals surface area contributed by atoms with Crippen LogP contribution in [0.5, 0.6) is 5.75 Å². The number of nitrogens with one attached hydrogen (secondary N) is 1. The first-order chi connectivity index (χ1) is 11.1. The molecule has 2 rings (SSSR count). The summed E-state index contributed by atoms with van der Waals surface area (Å²) >= 11 is 0. The molecule has 2 aromatic rings. The molecule has 2 aromatic carbocycles. The summed E-state index contributed by atoms with van der Waals surface area (Å²) < 4.78 is 5.45. The maximum absolute atomic E-state index is 11.9. The number of hydrogen-bond donors (Lipinski definition) is 1. The summed E-state index contributed by atoms with van der Waals surface area (Å²) in [5, 5.41) is 14.5. The van der Waals surface area contributed by atoms with Crippen molar-refractivity contribution in [3.8, 4) is 5.75 Å². The average Bonchev–Trinajstić information content (AvgIpc) is 2.56. The molecule has 0 bridgehead atoms. The summed E-state index contributed by atoms with van der Waals surface area (Å²) in [5.74, 6) is 0.161. The van der Waals surface area contributed by atoms with E-state index >= 15 is 0 Å². The Kier molecular flexibility index (Phi) is 5.40. The lowest BCUT2D eigenvalue weighted by molar-refractivity contribution is -0.384. The lowest BCUT2D eigenvalue weighted by Crippen LogP contribution is -2.33. The maximum Gasteiger partial charge on any atom is 0.280 e. The fourth-order valence-corrected chi connectivity index (χ4v) is 1.74. The van der Waals surface area contributed by atoms with Crippen LogP contribution in [0.25, 0.3) is 0 Å². The van der Waals surface area contributed by atoms with E-state index in [1.165, 1.54) is 18.3 Å². The smallest absolute Gasteiger partial charge is 0.280 e. The van der Waals surface area contributed by atoms with Crippen molar-refractivity contribution in [2.45, 2.75) is 13.0 Å². The van der Waals surface area contributed by atoms with Gasteiger partial charge in [0.25, 0.3) is 11.6 Å². The van der Waals surface area contributed by atoms with Crippen LogP contribution in [0.3, 0.4) is 0 Å². The Balaban J connectivity index is 1.90. The van der Waals surface area contributed by atoms with Crippen molar-refractivity contribution in [2.24, 2.45) is 5.10 Å².